The molecule has 1 heterocycles. The number of halogens is 2. The fourth-order valence-electron chi connectivity index (χ4n) is 1.09. The second kappa shape index (κ2) is 3.67. The fourth-order valence-corrected chi connectivity index (χ4v) is 2.05. The number of benzene rings is 1. The van der Waals surface area contributed by atoms with Gasteiger partial charge in [-0.05, 0) is 34.1 Å². The topological polar surface area (TPSA) is 32.9 Å². The van der Waals surface area contributed by atoms with Crippen molar-refractivity contribution in [1.29, 1.82) is 0 Å². The maximum absolute atomic E-state index is 12.9. The van der Waals surface area contributed by atoms with Gasteiger partial charge in [-0.2, -0.15) is 0 Å². The molecule has 0 saturated carbocycles. The zero-order valence-electron chi connectivity index (χ0n) is 6.88. The SMILES string of the molecule is O=c1[nH]c(-c2ccc(F)c(Br)c2)cs1. The number of thiazole rings is 1. The molecule has 1 aromatic heterocycles. The maximum Gasteiger partial charge on any atom is 0.304 e. The molecule has 2 aromatic rings. The first kappa shape index (κ1) is 9.61. The van der Waals surface area contributed by atoms with Crippen LogP contribution in [0.5, 0.6) is 0 Å². The molecule has 72 valence electrons. The minimum absolute atomic E-state index is 0.111. The van der Waals surface area contributed by atoms with Crippen LogP contribution in [0.4, 0.5) is 4.39 Å². The Morgan fingerprint density at radius 1 is 1.43 bits per heavy atom. The van der Waals surface area contributed by atoms with Gasteiger partial charge in [-0.15, -0.1) is 0 Å². The normalized spacial score (nSPS) is 10.4. The molecule has 0 radical (unpaired) electrons. The summed E-state index contributed by atoms with van der Waals surface area (Å²) in [7, 11) is 0. The fraction of sp³-hybridized carbons (Fsp3) is 0. The highest BCUT2D eigenvalue weighted by atomic mass is 79.9. The van der Waals surface area contributed by atoms with Gasteiger partial charge in [0.1, 0.15) is 5.82 Å². The summed E-state index contributed by atoms with van der Waals surface area (Å²) in [5, 5.41) is 1.71. The zero-order valence-corrected chi connectivity index (χ0v) is 9.28. The van der Waals surface area contributed by atoms with E-state index in [-0.39, 0.29) is 10.7 Å². The lowest BCUT2D eigenvalue weighted by Gasteiger charge is -1.98. The molecular weight excluding hydrogens is 269 g/mol. The van der Waals surface area contributed by atoms with Gasteiger partial charge in [-0.1, -0.05) is 11.3 Å². The van der Waals surface area contributed by atoms with E-state index in [2.05, 4.69) is 20.9 Å². The maximum atomic E-state index is 12.9. The van der Waals surface area contributed by atoms with Crippen LogP contribution in [0.1, 0.15) is 0 Å². The van der Waals surface area contributed by atoms with Crippen molar-refractivity contribution < 1.29 is 4.39 Å². The second-order valence-electron chi connectivity index (χ2n) is 2.69. The van der Waals surface area contributed by atoms with Crippen LogP contribution < -0.4 is 4.87 Å². The summed E-state index contributed by atoms with van der Waals surface area (Å²) >= 11 is 4.18. The predicted octanol–water partition coefficient (Wildman–Crippen LogP) is 3.01. The third-order valence-electron chi connectivity index (χ3n) is 1.75. The van der Waals surface area contributed by atoms with Crippen LogP contribution in [-0.2, 0) is 0 Å². The number of H-pyrrole nitrogens is 1. The molecule has 0 atom stereocenters. The average molecular weight is 274 g/mol. The van der Waals surface area contributed by atoms with Crippen molar-refractivity contribution in [3.05, 3.63) is 43.5 Å². The number of hydrogen-bond acceptors (Lipinski definition) is 2. The van der Waals surface area contributed by atoms with Gasteiger partial charge in [0.2, 0.25) is 0 Å². The van der Waals surface area contributed by atoms with E-state index in [0.29, 0.717) is 10.2 Å². The first-order valence-electron chi connectivity index (χ1n) is 3.80. The summed E-state index contributed by atoms with van der Waals surface area (Å²) < 4.78 is 13.3. The molecule has 0 aliphatic rings. The van der Waals surface area contributed by atoms with E-state index in [4.69, 9.17) is 0 Å². The minimum Gasteiger partial charge on any atom is -0.312 e. The molecule has 0 fully saturated rings. The third kappa shape index (κ3) is 1.78. The van der Waals surface area contributed by atoms with Crippen LogP contribution in [-0.4, -0.2) is 4.98 Å². The first-order chi connectivity index (χ1) is 6.66. The Labute approximate surface area is 91.5 Å². The number of aromatic nitrogens is 1. The van der Waals surface area contributed by atoms with E-state index in [9.17, 15) is 9.18 Å². The molecule has 0 bridgehead atoms. The molecule has 14 heavy (non-hydrogen) atoms. The van der Waals surface area contributed by atoms with Gasteiger partial charge in [0, 0.05) is 10.9 Å². The van der Waals surface area contributed by atoms with Crippen molar-refractivity contribution in [2.45, 2.75) is 0 Å². The number of hydrogen-bond donors (Lipinski definition) is 1. The minimum atomic E-state index is -0.314. The Morgan fingerprint density at radius 3 is 2.79 bits per heavy atom. The molecule has 0 spiro atoms. The first-order valence-corrected chi connectivity index (χ1v) is 5.47. The number of aromatic amines is 1. The largest absolute Gasteiger partial charge is 0.312 e. The molecular formula is C9H5BrFNOS. The Balaban J connectivity index is 2.52. The number of nitrogens with one attached hydrogen (secondary N) is 1. The van der Waals surface area contributed by atoms with Gasteiger partial charge in [0.15, 0.2) is 0 Å². The standard InChI is InChI=1S/C9H5BrFNOS/c10-6-3-5(1-2-7(6)11)8-4-14-9(13)12-8/h1-4H,(H,12,13). The molecule has 1 aromatic carbocycles. The van der Waals surface area contributed by atoms with Gasteiger partial charge in [0.25, 0.3) is 0 Å². The zero-order chi connectivity index (χ0) is 10.1. The predicted molar refractivity (Wildman–Crippen MR) is 58.0 cm³/mol. The lowest BCUT2D eigenvalue weighted by Crippen LogP contribution is -1.92. The lowest BCUT2D eigenvalue weighted by molar-refractivity contribution is 0.621. The molecule has 0 amide bonds. The molecule has 0 unspecified atom stereocenters. The molecule has 2 nitrogen and oxygen atoms in total. The summed E-state index contributed by atoms with van der Waals surface area (Å²) in [6.45, 7) is 0. The van der Waals surface area contributed by atoms with Crippen molar-refractivity contribution in [2.75, 3.05) is 0 Å². The van der Waals surface area contributed by atoms with Crippen LogP contribution >= 0.6 is 27.3 Å². The van der Waals surface area contributed by atoms with Crippen LogP contribution in [0.2, 0.25) is 0 Å². The van der Waals surface area contributed by atoms with Gasteiger partial charge in [-0.25, -0.2) is 4.39 Å². The summed E-state index contributed by atoms with van der Waals surface area (Å²) in [6.07, 6.45) is 0. The van der Waals surface area contributed by atoms with E-state index in [1.807, 2.05) is 0 Å². The summed E-state index contributed by atoms with van der Waals surface area (Å²) in [5.41, 5.74) is 1.50. The third-order valence-corrected chi connectivity index (χ3v) is 3.03. The van der Waals surface area contributed by atoms with E-state index >= 15 is 0 Å². The Bertz CT molecular complexity index is 520. The highest BCUT2D eigenvalue weighted by molar-refractivity contribution is 9.10. The van der Waals surface area contributed by atoms with Crippen molar-refractivity contribution in [2.24, 2.45) is 0 Å². The van der Waals surface area contributed by atoms with E-state index < -0.39 is 0 Å². The average Bonchev–Trinajstić information content (AvgIpc) is 2.57. The van der Waals surface area contributed by atoms with E-state index in [0.717, 1.165) is 16.9 Å². The summed E-state index contributed by atoms with van der Waals surface area (Å²) in [5.74, 6) is -0.314. The molecule has 0 aliphatic carbocycles. The molecule has 2 rings (SSSR count). The molecule has 0 aliphatic heterocycles. The highest BCUT2D eigenvalue weighted by Gasteiger charge is 2.04. The van der Waals surface area contributed by atoms with Gasteiger partial charge < -0.3 is 4.98 Å². The quantitative estimate of drug-likeness (QED) is 0.851. The van der Waals surface area contributed by atoms with Gasteiger partial charge in [0.05, 0.1) is 10.2 Å². The van der Waals surface area contributed by atoms with Crippen LogP contribution in [0, 0.1) is 5.82 Å². The van der Waals surface area contributed by atoms with Crippen molar-refractivity contribution in [1.82, 2.24) is 4.98 Å². The van der Waals surface area contributed by atoms with E-state index in [1.54, 1.807) is 17.5 Å². The summed E-state index contributed by atoms with van der Waals surface area (Å²) in [4.78, 5) is 13.4. The van der Waals surface area contributed by atoms with Crippen molar-refractivity contribution in [3.63, 3.8) is 0 Å². The Morgan fingerprint density at radius 2 is 2.21 bits per heavy atom. The Hall–Kier alpha value is -0.940. The second-order valence-corrected chi connectivity index (χ2v) is 4.39. The molecule has 0 saturated heterocycles. The van der Waals surface area contributed by atoms with Crippen LogP contribution in [0.15, 0.2) is 32.8 Å². The van der Waals surface area contributed by atoms with Gasteiger partial charge in [-0.3, -0.25) is 4.79 Å². The van der Waals surface area contributed by atoms with Crippen LogP contribution in [0.25, 0.3) is 11.3 Å². The molecule has 5 heteroatoms. The Kier molecular flexibility index (Phi) is 2.52. The summed E-state index contributed by atoms with van der Waals surface area (Å²) in [6, 6.07) is 4.61. The monoisotopic (exact) mass is 273 g/mol. The number of rotatable bonds is 1. The van der Waals surface area contributed by atoms with Gasteiger partial charge >= 0.3 is 4.87 Å². The van der Waals surface area contributed by atoms with Crippen LogP contribution in [0.3, 0.4) is 0 Å². The molecule has 1 N–H and O–H groups in total. The van der Waals surface area contributed by atoms with Crippen molar-refractivity contribution in [3.8, 4) is 11.3 Å². The highest BCUT2D eigenvalue weighted by Crippen LogP contribution is 2.23. The smallest absolute Gasteiger partial charge is 0.304 e. The van der Waals surface area contributed by atoms with Crippen molar-refractivity contribution >= 4 is 27.3 Å². The van der Waals surface area contributed by atoms with E-state index in [1.165, 1.54) is 6.07 Å². The lowest BCUT2D eigenvalue weighted by atomic mass is 10.2.